The number of pyridine rings is 1. The van der Waals surface area contributed by atoms with E-state index in [9.17, 15) is 13.6 Å². The second-order valence-corrected chi connectivity index (χ2v) is 5.67. The largest absolute Gasteiger partial charge is 0.464 e. The van der Waals surface area contributed by atoms with Gasteiger partial charge in [0, 0.05) is 11.9 Å². The first-order chi connectivity index (χ1) is 12.5. The highest BCUT2D eigenvalue weighted by molar-refractivity contribution is 5.94. The van der Waals surface area contributed by atoms with E-state index in [4.69, 9.17) is 4.74 Å². The number of carbonyl (C=O) groups excluding carboxylic acids is 1. The van der Waals surface area contributed by atoms with E-state index >= 15 is 0 Å². The Morgan fingerprint density at radius 2 is 1.62 bits per heavy atom. The summed E-state index contributed by atoms with van der Waals surface area (Å²) in [5.74, 6) is -1.23. The molecule has 1 N–H and O–H groups in total. The Labute approximate surface area is 149 Å². The van der Waals surface area contributed by atoms with Gasteiger partial charge in [-0.05, 0) is 60.0 Å². The number of anilines is 2. The highest BCUT2D eigenvalue weighted by Crippen LogP contribution is 2.23. The second kappa shape index (κ2) is 7.74. The van der Waals surface area contributed by atoms with Gasteiger partial charge in [-0.1, -0.05) is 12.1 Å². The number of aromatic nitrogens is 1. The smallest absolute Gasteiger partial charge is 0.358 e. The summed E-state index contributed by atoms with van der Waals surface area (Å²) in [6.07, 6.45) is 2.10. The normalized spacial score (nSPS) is 10.4. The first-order valence-electron chi connectivity index (χ1n) is 7.89. The minimum Gasteiger partial charge on any atom is -0.464 e. The number of ether oxygens (including phenoxy) is 1. The number of nitrogens with zero attached hydrogens (tertiary/aromatic N) is 1. The van der Waals surface area contributed by atoms with Crippen molar-refractivity contribution in [2.24, 2.45) is 0 Å². The van der Waals surface area contributed by atoms with Crippen molar-refractivity contribution < 1.29 is 18.3 Å². The van der Waals surface area contributed by atoms with Crippen LogP contribution in [0.25, 0.3) is 0 Å². The standard InChI is InChI=1S/C20H16F2N2O2/c1-26-20(25)19-18(24-17-8-6-16(22)7-9-17)11-14(12-23-19)10-13-2-4-15(21)5-3-13/h2-9,11-12,24H,10H2,1H3. The average molecular weight is 354 g/mol. The lowest BCUT2D eigenvalue weighted by Gasteiger charge is -2.12. The maximum Gasteiger partial charge on any atom is 0.358 e. The molecule has 0 radical (unpaired) electrons. The SMILES string of the molecule is COC(=O)c1ncc(Cc2ccc(F)cc2)cc1Nc1ccc(F)cc1. The van der Waals surface area contributed by atoms with Crippen molar-refractivity contribution in [1.82, 2.24) is 4.98 Å². The number of nitrogens with one attached hydrogen (secondary N) is 1. The van der Waals surface area contributed by atoms with Crippen LogP contribution in [0.15, 0.2) is 60.8 Å². The van der Waals surface area contributed by atoms with E-state index in [1.165, 1.54) is 31.4 Å². The molecule has 0 spiro atoms. The molecule has 0 amide bonds. The Balaban J connectivity index is 1.91. The van der Waals surface area contributed by atoms with Crippen molar-refractivity contribution in [3.8, 4) is 0 Å². The zero-order valence-electron chi connectivity index (χ0n) is 14.0. The quantitative estimate of drug-likeness (QED) is 0.687. The molecule has 3 rings (SSSR count). The molecule has 1 heterocycles. The molecule has 0 aliphatic carbocycles. The number of benzene rings is 2. The molecule has 2 aromatic carbocycles. The Hall–Kier alpha value is -3.28. The lowest BCUT2D eigenvalue weighted by molar-refractivity contribution is 0.0595. The molecular weight excluding hydrogens is 338 g/mol. The first-order valence-corrected chi connectivity index (χ1v) is 7.89. The van der Waals surface area contributed by atoms with Crippen molar-refractivity contribution in [2.75, 3.05) is 12.4 Å². The molecule has 3 aromatic rings. The summed E-state index contributed by atoms with van der Waals surface area (Å²) < 4.78 is 30.9. The van der Waals surface area contributed by atoms with Crippen LogP contribution in [-0.2, 0) is 11.2 Å². The number of carbonyl (C=O) groups is 1. The van der Waals surface area contributed by atoms with Gasteiger partial charge < -0.3 is 10.1 Å². The topological polar surface area (TPSA) is 51.2 Å². The lowest BCUT2D eigenvalue weighted by atomic mass is 10.1. The summed E-state index contributed by atoms with van der Waals surface area (Å²) in [7, 11) is 1.28. The molecule has 0 aliphatic rings. The summed E-state index contributed by atoms with van der Waals surface area (Å²) in [6.45, 7) is 0. The van der Waals surface area contributed by atoms with Crippen molar-refractivity contribution in [3.63, 3.8) is 0 Å². The van der Waals surface area contributed by atoms with Gasteiger partial charge in [0.1, 0.15) is 11.6 Å². The number of hydrogen-bond acceptors (Lipinski definition) is 4. The molecular formula is C20H16F2N2O2. The molecule has 0 fully saturated rings. The Bertz CT molecular complexity index is 910. The zero-order valence-corrected chi connectivity index (χ0v) is 14.0. The predicted molar refractivity (Wildman–Crippen MR) is 94.5 cm³/mol. The van der Waals surface area contributed by atoms with Crippen molar-refractivity contribution in [3.05, 3.63) is 89.2 Å². The third-order valence-corrected chi connectivity index (χ3v) is 3.77. The Morgan fingerprint density at radius 3 is 2.23 bits per heavy atom. The van der Waals surface area contributed by atoms with E-state index in [0.717, 1.165) is 11.1 Å². The molecule has 0 aliphatic heterocycles. The van der Waals surface area contributed by atoms with Crippen LogP contribution in [0.4, 0.5) is 20.2 Å². The van der Waals surface area contributed by atoms with E-state index in [1.54, 1.807) is 36.5 Å². The number of esters is 1. The molecule has 4 nitrogen and oxygen atoms in total. The fourth-order valence-corrected chi connectivity index (χ4v) is 2.49. The fourth-order valence-electron chi connectivity index (χ4n) is 2.49. The van der Waals surface area contributed by atoms with Gasteiger partial charge in [0.15, 0.2) is 5.69 Å². The van der Waals surface area contributed by atoms with E-state index in [1.807, 2.05) is 0 Å². The average Bonchev–Trinajstić information content (AvgIpc) is 2.65. The molecule has 0 saturated heterocycles. The van der Waals surface area contributed by atoms with Gasteiger partial charge in [0.2, 0.25) is 0 Å². The van der Waals surface area contributed by atoms with Crippen LogP contribution in [0.5, 0.6) is 0 Å². The number of methoxy groups -OCH3 is 1. The summed E-state index contributed by atoms with van der Waals surface area (Å²) in [4.78, 5) is 16.2. The molecule has 0 bridgehead atoms. The van der Waals surface area contributed by atoms with Crippen LogP contribution in [0, 0.1) is 11.6 Å². The van der Waals surface area contributed by atoms with E-state index in [2.05, 4.69) is 10.3 Å². The van der Waals surface area contributed by atoms with Gasteiger partial charge in [0.25, 0.3) is 0 Å². The molecule has 0 saturated carbocycles. The number of hydrogen-bond donors (Lipinski definition) is 1. The maximum atomic E-state index is 13.1. The highest BCUT2D eigenvalue weighted by Gasteiger charge is 2.15. The summed E-state index contributed by atoms with van der Waals surface area (Å²) >= 11 is 0. The van der Waals surface area contributed by atoms with Crippen LogP contribution in [0.2, 0.25) is 0 Å². The van der Waals surface area contributed by atoms with Crippen molar-refractivity contribution in [1.29, 1.82) is 0 Å². The summed E-state index contributed by atoms with van der Waals surface area (Å²) in [5, 5.41) is 3.06. The monoisotopic (exact) mass is 354 g/mol. The second-order valence-electron chi connectivity index (χ2n) is 5.67. The zero-order chi connectivity index (χ0) is 18.5. The third kappa shape index (κ3) is 4.22. The van der Waals surface area contributed by atoms with Gasteiger partial charge in [-0.25, -0.2) is 18.6 Å². The van der Waals surface area contributed by atoms with Crippen molar-refractivity contribution >= 4 is 17.3 Å². The Morgan fingerprint density at radius 1 is 1.00 bits per heavy atom. The van der Waals surface area contributed by atoms with Gasteiger partial charge in [-0.15, -0.1) is 0 Å². The van der Waals surface area contributed by atoms with Gasteiger partial charge in [-0.2, -0.15) is 0 Å². The third-order valence-electron chi connectivity index (χ3n) is 3.77. The minimum absolute atomic E-state index is 0.125. The first kappa shape index (κ1) is 17.5. The lowest BCUT2D eigenvalue weighted by Crippen LogP contribution is -2.09. The summed E-state index contributed by atoms with van der Waals surface area (Å²) in [5.41, 5.74) is 2.92. The van der Waals surface area contributed by atoms with E-state index < -0.39 is 5.97 Å². The Kier molecular flexibility index (Phi) is 5.22. The van der Waals surface area contributed by atoms with Crippen LogP contribution in [-0.4, -0.2) is 18.1 Å². The molecule has 0 atom stereocenters. The molecule has 132 valence electrons. The van der Waals surface area contributed by atoms with Crippen molar-refractivity contribution in [2.45, 2.75) is 6.42 Å². The minimum atomic E-state index is -0.581. The fraction of sp³-hybridized carbons (Fsp3) is 0.100. The highest BCUT2D eigenvalue weighted by atomic mass is 19.1. The maximum absolute atomic E-state index is 13.1. The van der Waals surface area contributed by atoms with Crippen LogP contribution in [0.1, 0.15) is 21.6 Å². The summed E-state index contributed by atoms with van der Waals surface area (Å²) in [6, 6.07) is 13.7. The molecule has 0 unspecified atom stereocenters. The van der Waals surface area contributed by atoms with Crippen LogP contribution >= 0.6 is 0 Å². The van der Waals surface area contributed by atoms with Gasteiger partial charge >= 0.3 is 5.97 Å². The number of rotatable bonds is 5. The van der Waals surface area contributed by atoms with Crippen LogP contribution < -0.4 is 5.32 Å². The van der Waals surface area contributed by atoms with Gasteiger partial charge in [0.05, 0.1) is 12.8 Å². The number of halogens is 2. The van der Waals surface area contributed by atoms with E-state index in [-0.39, 0.29) is 17.3 Å². The predicted octanol–water partition coefficient (Wildman–Crippen LogP) is 4.48. The van der Waals surface area contributed by atoms with Crippen LogP contribution in [0.3, 0.4) is 0 Å². The molecule has 6 heteroatoms. The molecule has 26 heavy (non-hydrogen) atoms. The van der Waals surface area contributed by atoms with E-state index in [0.29, 0.717) is 17.8 Å². The molecule has 1 aromatic heterocycles. The van der Waals surface area contributed by atoms with Gasteiger partial charge in [-0.3, -0.25) is 0 Å².